The number of carbonyl (C=O) groups is 1. The third kappa shape index (κ3) is 3.23. The van der Waals surface area contributed by atoms with Crippen molar-refractivity contribution in [3.05, 3.63) is 72.3 Å². The first kappa shape index (κ1) is 18.4. The Labute approximate surface area is 170 Å². The van der Waals surface area contributed by atoms with Crippen LogP contribution in [0.1, 0.15) is 5.56 Å². The number of para-hydroxylation sites is 2. The minimum absolute atomic E-state index is 0.132. The van der Waals surface area contributed by atoms with Gasteiger partial charge in [0.15, 0.2) is 0 Å². The summed E-state index contributed by atoms with van der Waals surface area (Å²) in [6.07, 6.45) is 3.80. The average molecular weight is 391 g/mol. The van der Waals surface area contributed by atoms with Gasteiger partial charge in [0.25, 0.3) is 11.7 Å². The van der Waals surface area contributed by atoms with E-state index >= 15 is 0 Å². The molecule has 3 aliphatic rings. The zero-order valence-electron chi connectivity index (χ0n) is 16.4. The molecule has 1 saturated heterocycles. The first-order chi connectivity index (χ1) is 14.3. The average Bonchev–Trinajstić information content (AvgIpc) is 2.94. The van der Waals surface area contributed by atoms with Crippen molar-refractivity contribution in [2.45, 2.75) is 5.79 Å². The highest BCUT2D eigenvalue weighted by atomic mass is 16.7. The Kier molecular flexibility index (Phi) is 4.83. The van der Waals surface area contributed by atoms with Crippen molar-refractivity contribution in [2.24, 2.45) is 0 Å². The first-order valence-corrected chi connectivity index (χ1v) is 10.1. The zero-order valence-corrected chi connectivity index (χ0v) is 16.4. The molecular weight excluding hydrogens is 366 g/mol. The quantitative estimate of drug-likeness (QED) is 0.753. The lowest BCUT2D eigenvalue weighted by atomic mass is 10.1. The van der Waals surface area contributed by atoms with E-state index in [2.05, 4.69) is 34.1 Å². The van der Waals surface area contributed by atoms with Gasteiger partial charge in [0.05, 0.1) is 25.6 Å². The molecule has 1 amide bonds. The number of carbonyl (C=O) groups excluding carboxylic acids is 1. The van der Waals surface area contributed by atoms with Gasteiger partial charge >= 0.3 is 0 Å². The highest BCUT2D eigenvalue weighted by Crippen LogP contribution is 2.44. The van der Waals surface area contributed by atoms with Gasteiger partial charge in [-0.3, -0.25) is 14.6 Å². The van der Waals surface area contributed by atoms with E-state index in [-0.39, 0.29) is 5.91 Å². The van der Waals surface area contributed by atoms with Gasteiger partial charge in [0.2, 0.25) is 0 Å². The molecule has 3 heterocycles. The molecule has 2 aromatic rings. The second-order valence-corrected chi connectivity index (χ2v) is 7.54. The molecule has 150 valence electrons. The topological polar surface area (TPSA) is 45.3 Å². The summed E-state index contributed by atoms with van der Waals surface area (Å²) in [5.74, 6) is -1.46. The number of ether oxygens (including phenoxy) is 2. The lowest BCUT2D eigenvalue weighted by Gasteiger charge is -2.38. The van der Waals surface area contributed by atoms with Crippen molar-refractivity contribution in [1.82, 2.24) is 4.90 Å². The van der Waals surface area contributed by atoms with Crippen LogP contribution in [0.5, 0.6) is 0 Å². The fourth-order valence-corrected chi connectivity index (χ4v) is 4.30. The van der Waals surface area contributed by atoms with Crippen molar-refractivity contribution in [2.75, 3.05) is 55.9 Å². The van der Waals surface area contributed by atoms with Gasteiger partial charge in [-0.2, -0.15) is 0 Å². The largest absolute Gasteiger partial charge is 0.369 e. The van der Waals surface area contributed by atoms with Gasteiger partial charge in [0.1, 0.15) is 0 Å². The molecule has 2 aromatic carbocycles. The second kappa shape index (κ2) is 7.63. The van der Waals surface area contributed by atoms with E-state index in [1.165, 1.54) is 5.69 Å². The Morgan fingerprint density at radius 1 is 0.828 bits per heavy atom. The van der Waals surface area contributed by atoms with Crippen LogP contribution in [0, 0.1) is 0 Å². The predicted octanol–water partition coefficient (Wildman–Crippen LogP) is 2.57. The third-order valence-electron chi connectivity index (χ3n) is 5.84. The van der Waals surface area contributed by atoms with Gasteiger partial charge in [-0.15, -0.1) is 0 Å². The number of benzene rings is 2. The summed E-state index contributed by atoms with van der Waals surface area (Å²) < 4.78 is 11.9. The summed E-state index contributed by atoms with van der Waals surface area (Å²) >= 11 is 0. The maximum Gasteiger partial charge on any atom is 0.293 e. The van der Waals surface area contributed by atoms with Crippen LogP contribution in [0.4, 0.5) is 11.4 Å². The van der Waals surface area contributed by atoms with Crippen LogP contribution < -0.4 is 9.80 Å². The summed E-state index contributed by atoms with van der Waals surface area (Å²) in [5.41, 5.74) is 2.93. The first-order valence-electron chi connectivity index (χ1n) is 10.1. The number of piperazine rings is 1. The summed E-state index contributed by atoms with van der Waals surface area (Å²) in [6.45, 7) is 4.95. The van der Waals surface area contributed by atoms with Crippen molar-refractivity contribution < 1.29 is 14.3 Å². The maximum absolute atomic E-state index is 13.5. The molecule has 0 atom stereocenters. The van der Waals surface area contributed by atoms with Gasteiger partial charge in [-0.25, -0.2) is 0 Å². The van der Waals surface area contributed by atoms with Crippen LogP contribution in [-0.4, -0.2) is 56.9 Å². The maximum atomic E-state index is 13.5. The number of hydrogen-bond acceptors (Lipinski definition) is 5. The minimum atomic E-state index is -1.33. The Hall–Kier alpha value is -2.67. The molecule has 6 nitrogen and oxygen atoms in total. The van der Waals surface area contributed by atoms with E-state index in [1.54, 1.807) is 0 Å². The highest BCUT2D eigenvalue weighted by Gasteiger charge is 2.54. The third-order valence-corrected chi connectivity index (χ3v) is 5.84. The van der Waals surface area contributed by atoms with Crippen LogP contribution in [0.15, 0.2) is 66.7 Å². The van der Waals surface area contributed by atoms with Crippen molar-refractivity contribution >= 4 is 17.3 Å². The van der Waals surface area contributed by atoms with Crippen molar-refractivity contribution in [1.29, 1.82) is 0 Å². The van der Waals surface area contributed by atoms with E-state index < -0.39 is 5.79 Å². The smallest absolute Gasteiger partial charge is 0.293 e. The van der Waals surface area contributed by atoms with Gasteiger partial charge in [-0.1, -0.05) is 48.6 Å². The van der Waals surface area contributed by atoms with Gasteiger partial charge in [-0.05, 0) is 18.2 Å². The minimum Gasteiger partial charge on any atom is -0.369 e. The molecule has 0 aromatic heterocycles. The van der Waals surface area contributed by atoms with Gasteiger partial charge < -0.3 is 14.4 Å². The van der Waals surface area contributed by atoms with Crippen molar-refractivity contribution in [3.63, 3.8) is 0 Å². The normalized spacial score (nSPS) is 21.4. The van der Waals surface area contributed by atoms with Crippen LogP contribution in [-0.2, 0) is 20.1 Å². The summed E-state index contributed by atoms with van der Waals surface area (Å²) in [4.78, 5) is 20.0. The lowest BCUT2D eigenvalue weighted by Crippen LogP contribution is -2.53. The number of hydrogen-bond donors (Lipinski definition) is 0. The molecule has 0 radical (unpaired) electrons. The van der Waals surface area contributed by atoms with Crippen LogP contribution in [0.3, 0.4) is 0 Å². The van der Waals surface area contributed by atoms with Crippen LogP contribution >= 0.6 is 0 Å². The Bertz CT molecular complexity index is 897. The molecule has 1 spiro atoms. The highest BCUT2D eigenvalue weighted by molar-refractivity contribution is 6.06. The Balaban J connectivity index is 1.32. The van der Waals surface area contributed by atoms with Crippen LogP contribution in [0.2, 0.25) is 0 Å². The molecule has 6 heteroatoms. The molecule has 0 N–H and O–H groups in total. The molecule has 0 unspecified atom stereocenters. The van der Waals surface area contributed by atoms with Crippen molar-refractivity contribution in [3.8, 4) is 0 Å². The Morgan fingerprint density at radius 2 is 1.48 bits per heavy atom. The zero-order chi connectivity index (χ0) is 19.7. The molecule has 0 saturated carbocycles. The number of nitrogens with zero attached hydrogens (tertiary/aromatic N) is 3. The predicted molar refractivity (Wildman–Crippen MR) is 112 cm³/mol. The number of anilines is 2. The number of fused-ring (bicyclic) bond motifs is 2. The molecule has 29 heavy (non-hydrogen) atoms. The van der Waals surface area contributed by atoms with E-state index in [0.29, 0.717) is 19.9 Å². The molecule has 0 bridgehead atoms. The SMILES string of the molecule is O=C1N(CN2CCN(c3ccccc3)CC2)c2ccccc2C12OCC=CCO2. The summed E-state index contributed by atoms with van der Waals surface area (Å²) in [6, 6.07) is 18.3. The van der Waals surface area contributed by atoms with E-state index in [1.807, 2.05) is 47.4 Å². The molecule has 1 fully saturated rings. The van der Waals surface area contributed by atoms with E-state index in [0.717, 1.165) is 37.4 Å². The second-order valence-electron chi connectivity index (χ2n) is 7.54. The standard InChI is InChI=1S/C23H25N3O3/c27-22-23(28-16-6-7-17-29-23)20-10-4-5-11-21(20)26(22)18-24-12-14-25(15-13-24)19-8-2-1-3-9-19/h1-11H,12-18H2. The number of amides is 1. The summed E-state index contributed by atoms with van der Waals surface area (Å²) in [5, 5.41) is 0. The van der Waals surface area contributed by atoms with Crippen LogP contribution in [0.25, 0.3) is 0 Å². The molecule has 5 rings (SSSR count). The van der Waals surface area contributed by atoms with E-state index in [4.69, 9.17) is 9.47 Å². The fraction of sp³-hybridized carbons (Fsp3) is 0.348. The molecular formula is C23H25N3O3. The monoisotopic (exact) mass is 391 g/mol. The Morgan fingerprint density at radius 3 is 2.21 bits per heavy atom. The number of rotatable bonds is 3. The summed E-state index contributed by atoms with van der Waals surface area (Å²) in [7, 11) is 0. The molecule has 3 aliphatic heterocycles. The lowest BCUT2D eigenvalue weighted by molar-refractivity contribution is -0.220. The fourth-order valence-electron chi connectivity index (χ4n) is 4.30. The van der Waals surface area contributed by atoms with Gasteiger partial charge in [0, 0.05) is 37.4 Å². The van der Waals surface area contributed by atoms with E-state index in [9.17, 15) is 4.79 Å². The molecule has 0 aliphatic carbocycles.